The zero-order chi connectivity index (χ0) is 12.9. The number of nitrogens with two attached hydrogens (primary N) is 1. The van der Waals surface area contributed by atoms with Crippen LogP contribution >= 0.6 is 0 Å². The third kappa shape index (κ3) is 3.98. The molecule has 6 heteroatoms. The van der Waals surface area contributed by atoms with Gasteiger partial charge in [-0.05, 0) is 24.6 Å². The summed E-state index contributed by atoms with van der Waals surface area (Å²) in [6.45, 7) is 2.49. The van der Waals surface area contributed by atoms with Crippen LogP contribution in [-0.4, -0.2) is 27.4 Å². The molecule has 0 aliphatic heterocycles. The fourth-order valence-electron chi connectivity index (χ4n) is 1.29. The lowest BCUT2D eigenvalue weighted by molar-refractivity contribution is 0.149. The van der Waals surface area contributed by atoms with E-state index in [2.05, 4.69) is 0 Å². The molecule has 0 aliphatic rings. The molecule has 2 N–H and O–H groups in total. The summed E-state index contributed by atoms with van der Waals surface area (Å²) < 4.78 is 42.0. The van der Waals surface area contributed by atoms with Gasteiger partial charge in [0.1, 0.15) is 10.7 Å². The average molecular weight is 261 g/mol. The highest BCUT2D eigenvalue weighted by atomic mass is 32.2. The number of rotatable bonds is 6. The van der Waals surface area contributed by atoms with Crippen LogP contribution in [0.25, 0.3) is 0 Å². The summed E-state index contributed by atoms with van der Waals surface area (Å²) in [4.78, 5) is -0.327. The number of ether oxygens (including phenoxy) is 1. The molecule has 0 saturated carbocycles. The van der Waals surface area contributed by atoms with Gasteiger partial charge in [-0.25, -0.2) is 12.8 Å². The van der Waals surface area contributed by atoms with Crippen molar-refractivity contribution in [2.24, 2.45) is 0 Å². The highest BCUT2D eigenvalue weighted by Crippen LogP contribution is 2.18. The predicted molar refractivity (Wildman–Crippen MR) is 64.0 cm³/mol. The summed E-state index contributed by atoms with van der Waals surface area (Å²) in [5.74, 6) is -1.05. The highest BCUT2D eigenvalue weighted by molar-refractivity contribution is 7.91. The third-order valence-electron chi connectivity index (χ3n) is 2.14. The van der Waals surface area contributed by atoms with Crippen molar-refractivity contribution in [3.63, 3.8) is 0 Å². The number of benzene rings is 1. The van der Waals surface area contributed by atoms with Crippen LogP contribution in [0.15, 0.2) is 23.1 Å². The molecule has 17 heavy (non-hydrogen) atoms. The third-order valence-corrected chi connectivity index (χ3v) is 3.84. The van der Waals surface area contributed by atoms with Gasteiger partial charge >= 0.3 is 0 Å². The lowest BCUT2D eigenvalue weighted by Crippen LogP contribution is -2.14. The van der Waals surface area contributed by atoms with E-state index in [9.17, 15) is 12.8 Å². The summed E-state index contributed by atoms with van der Waals surface area (Å²) in [6.07, 6.45) is 0.816. The Labute approximate surface area is 101 Å². The molecule has 0 bridgehead atoms. The van der Waals surface area contributed by atoms with Crippen molar-refractivity contribution in [2.45, 2.75) is 18.2 Å². The monoisotopic (exact) mass is 261 g/mol. The molecule has 0 amide bonds. The molecule has 1 aromatic carbocycles. The van der Waals surface area contributed by atoms with Crippen molar-refractivity contribution in [1.29, 1.82) is 0 Å². The fourth-order valence-corrected chi connectivity index (χ4v) is 2.48. The van der Waals surface area contributed by atoms with Gasteiger partial charge in [-0.1, -0.05) is 6.92 Å². The SMILES string of the molecule is CCCOCCS(=O)(=O)c1ccc(N)cc1F. The summed E-state index contributed by atoms with van der Waals surface area (Å²) >= 11 is 0. The van der Waals surface area contributed by atoms with Gasteiger partial charge in [-0.2, -0.15) is 0 Å². The first-order chi connectivity index (χ1) is 7.97. The Balaban J connectivity index is 2.76. The number of anilines is 1. The second-order valence-corrected chi connectivity index (χ2v) is 5.70. The molecule has 0 saturated heterocycles. The van der Waals surface area contributed by atoms with Gasteiger partial charge in [-0.3, -0.25) is 0 Å². The molecule has 1 aromatic rings. The van der Waals surface area contributed by atoms with Crippen LogP contribution < -0.4 is 5.73 Å². The van der Waals surface area contributed by atoms with Gasteiger partial charge < -0.3 is 10.5 Å². The van der Waals surface area contributed by atoms with Gasteiger partial charge in [0, 0.05) is 12.3 Å². The minimum absolute atomic E-state index is 0.0694. The van der Waals surface area contributed by atoms with Crippen LogP contribution in [0.1, 0.15) is 13.3 Å². The standard InChI is InChI=1S/C11H16FNO3S/c1-2-5-16-6-7-17(14,15)11-4-3-9(13)8-10(11)12/h3-4,8H,2,5-7,13H2,1H3. The quantitative estimate of drug-likeness (QED) is 0.624. The normalized spacial score (nSPS) is 11.6. The molecule has 0 fully saturated rings. The lowest BCUT2D eigenvalue weighted by atomic mass is 10.3. The summed E-state index contributed by atoms with van der Waals surface area (Å²) in [6, 6.07) is 3.54. The van der Waals surface area contributed by atoms with E-state index in [0.717, 1.165) is 12.5 Å². The maximum atomic E-state index is 13.4. The number of nitrogen functional groups attached to an aromatic ring is 1. The first-order valence-corrected chi connectivity index (χ1v) is 6.98. The molecule has 0 heterocycles. The van der Waals surface area contributed by atoms with E-state index >= 15 is 0 Å². The van der Waals surface area contributed by atoms with Crippen LogP contribution in [-0.2, 0) is 14.6 Å². The van der Waals surface area contributed by atoms with Crippen molar-refractivity contribution in [3.05, 3.63) is 24.0 Å². The second-order valence-electron chi connectivity index (χ2n) is 3.62. The first kappa shape index (κ1) is 13.9. The Kier molecular flexibility index (Phi) is 4.89. The number of halogens is 1. The maximum absolute atomic E-state index is 13.4. The van der Waals surface area contributed by atoms with E-state index in [-0.39, 0.29) is 22.9 Å². The number of sulfone groups is 1. The minimum Gasteiger partial charge on any atom is -0.399 e. The zero-order valence-electron chi connectivity index (χ0n) is 9.65. The molecule has 0 aliphatic carbocycles. The minimum atomic E-state index is -3.64. The molecule has 0 spiro atoms. The van der Waals surface area contributed by atoms with E-state index in [1.807, 2.05) is 6.92 Å². The molecule has 0 atom stereocenters. The number of hydrogen-bond acceptors (Lipinski definition) is 4. The molecule has 1 rings (SSSR count). The molecular weight excluding hydrogens is 245 g/mol. The zero-order valence-corrected chi connectivity index (χ0v) is 10.5. The Hall–Kier alpha value is -1.14. The summed E-state index contributed by atoms with van der Waals surface area (Å²) in [5, 5.41) is 0. The van der Waals surface area contributed by atoms with Crippen LogP contribution in [0, 0.1) is 5.82 Å². The Morgan fingerprint density at radius 2 is 2.06 bits per heavy atom. The Morgan fingerprint density at radius 1 is 1.35 bits per heavy atom. The smallest absolute Gasteiger partial charge is 0.183 e. The summed E-state index contributed by atoms with van der Waals surface area (Å²) in [7, 11) is -3.64. The molecule has 0 radical (unpaired) electrons. The Morgan fingerprint density at radius 3 is 2.65 bits per heavy atom. The van der Waals surface area contributed by atoms with E-state index in [1.165, 1.54) is 12.1 Å². The van der Waals surface area contributed by atoms with Crippen molar-refractivity contribution >= 4 is 15.5 Å². The summed E-state index contributed by atoms with van der Waals surface area (Å²) in [5.41, 5.74) is 5.55. The van der Waals surface area contributed by atoms with E-state index in [0.29, 0.717) is 6.61 Å². The van der Waals surface area contributed by atoms with E-state index in [1.54, 1.807) is 0 Å². The molecule has 0 unspecified atom stereocenters. The predicted octanol–water partition coefficient (Wildman–Crippen LogP) is 1.61. The second kappa shape index (κ2) is 5.97. The molecule has 0 aromatic heterocycles. The van der Waals surface area contributed by atoms with Crippen molar-refractivity contribution < 1.29 is 17.5 Å². The maximum Gasteiger partial charge on any atom is 0.183 e. The van der Waals surface area contributed by atoms with Crippen LogP contribution in [0.3, 0.4) is 0 Å². The van der Waals surface area contributed by atoms with Crippen LogP contribution in [0.4, 0.5) is 10.1 Å². The van der Waals surface area contributed by atoms with Gasteiger partial charge in [0.15, 0.2) is 9.84 Å². The molecular formula is C11H16FNO3S. The van der Waals surface area contributed by atoms with Crippen LogP contribution in [0.5, 0.6) is 0 Å². The van der Waals surface area contributed by atoms with Crippen molar-refractivity contribution in [2.75, 3.05) is 24.7 Å². The van der Waals surface area contributed by atoms with E-state index < -0.39 is 15.7 Å². The number of hydrogen-bond donors (Lipinski definition) is 1. The molecule has 4 nitrogen and oxygen atoms in total. The fraction of sp³-hybridized carbons (Fsp3) is 0.455. The van der Waals surface area contributed by atoms with Crippen molar-refractivity contribution in [1.82, 2.24) is 0 Å². The van der Waals surface area contributed by atoms with Gasteiger partial charge in [0.2, 0.25) is 0 Å². The van der Waals surface area contributed by atoms with Crippen LogP contribution in [0.2, 0.25) is 0 Å². The molecule has 96 valence electrons. The average Bonchev–Trinajstić information content (AvgIpc) is 2.24. The van der Waals surface area contributed by atoms with E-state index in [4.69, 9.17) is 10.5 Å². The van der Waals surface area contributed by atoms with Gasteiger partial charge in [0.05, 0.1) is 12.4 Å². The topological polar surface area (TPSA) is 69.4 Å². The first-order valence-electron chi connectivity index (χ1n) is 5.33. The van der Waals surface area contributed by atoms with Gasteiger partial charge in [0.25, 0.3) is 0 Å². The van der Waals surface area contributed by atoms with Crippen molar-refractivity contribution in [3.8, 4) is 0 Å². The largest absolute Gasteiger partial charge is 0.399 e. The Bertz CT molecular complexity index is 474. The highest BCUT2D eigenvalue weighted by Gasteiger charge is 2.18. The van der Waals surface area contributed by atoms with Gasteiger partial charge in [-0.15, -0.1) is 0 Å². The lowest BCUT2D eigenvalue weighted by Gasteiger charge is -2.06.